The van der Waals surface area contributed by atoms with E-state index in [2.05, 4.69) is 105 Å². The van der Waals surface area contributed by atoms with Crippen molar-refractivity contribution in [2.75, 3.05) is 13.1 Å². The zero-order valence-corrected chi connectivity index (χ0v) is 23.4. The lowest BCUT2D eigenvalue weighted by atomic mass is 9.93. The van der Waals surface area contributed by atoms with Gasteiger partial charge in [0.2, 0.25) is 5.91 Å². The molecule has 0 saturated carbocycles. The summed E-state index contributed by atoms with van der Waals surface area (Å²) >= 11 is 0. The van der Waals surface area contributed by atoms with Crippen LogP contribution in [0.2, 0.25) is 0 Å². The maximum absolute atomic E-state index is 13.6. The Bertz CT molecular complexity index is 1150. The third-order valence-corrected chi connectivity index (χ3v) is 8.46. The first-order valence-electron chi connectivity index (χ1n) is 14.2. The normalized spacial score (nSPS) is 22.5. The van der Waals surface area contributed by atoms with Gasteiger partial charge in [0.25, 0.3) is 0 Å². The van der Waals surface area contributed by atoms with Gasteiger partial charge >= 0.3 is 0 Å². The third kappa shape index (κ3) is 6.25. The van der Waals surface area contributed by atoms with Crippen LogP contribution in [0, 0.1) is 0 Å². The van der Waals surface area contributed by atoms with Gasteiger partial charge in [-0.15, -0.1) is 0 Å². The van der Waals surface area contributed by atoms with E-state index in [1.54, 1.807) is 0 Å². The van der Waals surface area contributed by atoms with E-state index in [0.717, 1.165) is 38.8 Å². The summed E-state index contributed by atoms with van der Waals surface area (Å²) in [6, 6.07) is 13.5. The summed E-state index contributed by atoms with van der Waals surface area (Å²) < 4.78 is 0. The lowest BCUT2D eigenvalue weighted by Crippen LogP contribution is -2.65. The molecule has 4 atom stereocenters. The first kappa shape index (κ1) is 27.3. The third-order valence-electron chi connectivity index (χ3n) is 8.46. The fourth-order valence-electron chi connectivity index (χ4n) is 6.01. The number of carbonyl (C=O) groups excluding carboxylic acids is 1. The number of nitrogens with two attached hydrogens (primary N) is 1. The molecule has 0 spiro atoms. The van der Waals surface area contributed by atoms with Crippen LogP contribution in [0.5, 0.6) is 0 Å². The molecule has 4 nitrogen and oxygen atoms in total. The number of rotatable bonds is 8. The minimum absolute atomic E-state index is 0.0821. The standard InChI is InChI=1S/C33H45N3O/c1-6-26-13-16-31(28(7-2)19-26)21-32(34)33(37)36-23(3)22-35(24(4)25(36)5)18-17-27-14-15-29-11-9-8-10-12-30(29)20-27/h9-16,19-20,23-25,32H,6-8,17-18,21-22,34H2,1-5H3/t23?,24-,25?,32-/m1/s1. The molecule has 1 heterocycles. The van der Waals surface area contributed by atoms with E-state index in [1.165, 1.54) is 33.4 Å². The van der Waals surface area contributed by atoms with Crippen LogP contribution in [0.25, 0.3) is 12.2 Å². The monoisotopic (exact) mass is 499 g/mol. The summed E-state index contributed by atoms with van der Waals surface area (Å²) in [6.45, 7) is 12.8. The van der Waals surface area contributed by atoms with E-state index in [4.69, 9.17) is 5.73 Å². The Hall–Kier alpha value is -2.69. The van der Waals surface area contributed by atoms with Crippen molar-refractivity contribution in [2.45, 2.75) is 90.9 Å². The Kier molecular flexibility index (Phi) is 9.04. The van der Waals surface area contributed by atoms with Crippen molar-refractivity contribution in [3.05, 3.63) is 81.9 Å². The quantitative estimate of drug-likeness (QED) is 0.510. The van der Waals surface area contributed by atoms with Gasteiger partial charge in [-0.25, -0.2) is 0 Å². The molecule has 1 aliphatic carbocycles. The number of fused-ring (bicyclic) bond motifs is 1. The summed E-state index contributed by atoms with van der Waals surface area (Å²) in [5.41, 5.74) is 14.4. The van der Waals surface area contributed by atoms with Crippen LogP contribution in [0.15, 0.2) is 48.6 Å². The highest BCUT2D eigenvalue weighted by Crippen LogP contribution is 2.25. The molecular weight excluding hydrogens is 454 g/mol. The van der Waals surface area contributed by atoms with Crippen molar-refractivity contribution in [2.24, 2.45) is 5.73 Å². The summed E-state index contributed by atoms with van der Waals surface area (Å²) in [7, 11) is 0. The van der Waals surface area contributed by atoms with Gasteiger partial charge in [0.15, 0.2) is 0 Å². The zero-order chi connectivity index (χ0) is 26.5. The number of benzene rings is 2. The highest BCUT2D eigenvalue weighted by Gasteiger charge is 2.39. The minimum Gasteiger partial charge on any atom is -0.333 e. The first-order valence-corrected chi connectivity index (χ1v) is 14.2. The number of hydrogen-bond acceptors (Lipinski definition) is 3. The number of aryl methyl sites for hydroxylation is 2. The van der Waals surface area contributed by atoms with Crippen LogP contribution >= 0.6 is 0 Å². The van der Waals surface area contributed by atoms with Gasteiger partial charge < -0.3 is 10.6 Å². The van der Waals surface area contributed by atoms with Crippen molar-refractivity contribution < 1.29 is 4.79 Å². The molecule has 4 rings (SSSR count). The molecule has 37 heavy (non-hydrogen) atoms. The molecule has 0 aromatic heterocycles. The number of piperazine rings is 1. The molecule has 4 heteroatoms. The number of hydrogen-bond donors (Lipinski definition) is 1. The summed E-state index contributed by atoms with van der Waals surface area (Å²) in [4.78, 5) is 18.2. The first-order chi connectivity index (χ1) is 17.8. The number of allylic oxidation sites excluding steroid dienone is 2. The Morgan fingerprint density at radius 3 is 2.38 bits per heavy atom. The lowest BCUT2D eigenvalue weighted by molar-refractivity contribution is -0.143. The fraction of sp³-hybridized carbons (Fsp3) is 0.485. The lowest BCUT2D eigenvalue weighted by Gasteiger charge is -2.49. The topological polar surface area (TPSA) is 49.6 Å². The molecule has 0 radical (unpaired) electrons. The summed E-state index contributed by atoms with van der Waals surface area (Å²) in [6.07, 6.45) is 13.5. The molecular formula is C33H45N3O. The van der Waals surface area contributed by atoms with Gasteiger partial charge in [-0.3, -0.25) is 9.69 Å². The smallest absolute Gasteiger partial charge is 0.240 e. The minimum atomic E-state index is -0.511. The van der Waals surface area contributed by atoms with Gasteiger partial charge in [-0.2, -0.15) is 0 Å². The molecule has 2 unspecified atom stereocenters. The molecule has 1 amide bonds. The number of carbonyl (C=O) groups is 1. The van der Waals surface area contributed by atoms with E-state index >= 15 is 0 Å². The molecule has 2 aromatic carbocycles. The largest absolute Gasteiger partial charge is 0.333 e. The molecule has 2 aliphatic rings. The van der Waals surface area contributed by atoms with Gasteiger partial charge in [-0.05, 0) is 86.3 Å². The average Bonchev–Trinajstić information content (AvgIpc) is 3.15. The van der Waals surface area contributed by atoms with Gasteiger partial charge in [0, 0.05) is 31.2 Å². The molecule has 2 N–H and O–H groups in total. The van der Waals surface area contributed by atoms with Crippen LogP contribution in [-0.2, 0) is 30.5 Å². The molecule has 2 aromatic rings. The van der Waals surface area contributed by atoms with Crippen molar-refractivity contribution in [1.82, 2.24) is 9.80 Å². The molecule has 1 fully saturated rings. The SMILES string of the molecule is CCc1ccc(C[C@@H](N)C(=O)N2C(C)CN(CCc3ccc4c(c3)C=CCC=C4)[C@H](C)C2C)c(CC)c1. The second kappa shape index (κ2) is 12.2. The molecule has 0 bridgehead atoms. The fourth-order valence-corrected chi connectivity index (χ4v) is 6.01. The van der Waals surface area contributed by atoms with E-state index in [9.17, 15) is 4.79 Å². The van der Waals surface area contributed by atoms with Crippen molar-refractivity contribution >= 4 is 18.1 Å². The molecule has 1 aliphatic heterocycles. The Balaban J connectivity index is 1.39. The average molecular weight is 500 g/mol. The second-order valence-electron chi connectivity index (χ2n) is 10.9. The van der Waals surface area contributed by atoms with Crippen LogP contribution in [0.1, 0.15) is 74.4 Å². The number of nitrogens with zero attached hydrogens (tertiary/aromatic N) is 2. The molecule has 198 valence electrons. The van der Waals surface area contributed by atoms with Gasteiger partial charge in [0.1, 0.15) is 0 Å². The summed E-state index contributed by atoms with van der Waals surface area (Å²) in [5.74, 6) is 0.0821. The van der Waals surface area contributed by atoms with Crippen molar-refractivity contribution in [3.8, 4) is 0 Å². The van der Waals surface area contributed by atoms with E-state index < -0.39 is 6.04 Å². The van der Waals surface area contributed by atoms with Crippen LogP contribution in [0.3, 0.4) is 0 Å². The Morgan fingerprint density at radius 1 is 0.919 bits per heavy atom. The molecule has 1 saturated heterocycles. The highest BCUT2D eigenvalue weighted by molar-refractivity contribution is 5.83. The van der Waals surface area contributed by atoms with Crippen molar-refractivity contribution in [1.29, 1.82) is 0 Å². The predicted molar refractivity (Wildman–Crippen MR) is 157 cm³/mol. The highest BCUT2D eigenvalue weighted by atomic mass is 16.2. The van der Waals surface area contributed by atoms with E-state index in [-0.39, 0.29) is 24.0 Å². The summed E-state index contributed by atoms with van der Waals surface area (Å²) in [5, 5.41) is 0. The van der Waals surface area contributed by atoms with Crippen molar-refractivity contribution in [3.63, 3.8) is 0 Å². The van der Waals surface area contributed by atoms with E-state index in [1.807, 2.05) is 0 Å². The van der Waals surface area contributed by atoms with Crippen LogP contribution in [0.4, 0.5) is 0 Å². The van der Waals surface area contributed by atoms with Crippen LogP contribution in [-0.4, -0.2) is 53.0 Å². The Morgan fingerprint density at radius 2 is 1.65 bits per heavy atom. The van der Waals surface area contributed by atoms with Gasteiger partial charge in [-0.1, -0.05) is 74.5 Å². The second-order valence-corrected chi connectivity index (χ2v) is 10.9. The van der Waals surface area contributed by atoms with Gasteiger partial charge in [0.05, 0.1) is 6.04 Å². The predicted octanol–water partition coefficient (Wildman–Crippen LogP) is 5.66. The Labute approximate surface area is 224 Å². The van der Waals surface area contributed by atoms with Crippen LogP contribution < -0.4 is 5.73 Å². The maximum Gasteiger partial charge on any atom is 0.240 e. The maximum atomic E-state index is 13.6. The number of amides is 1. The van der Waals surface area contributed by atoms with E-state index in [0.29, 0.717) is 6.42 Å². The zero-order valence-electron chi connectivity index (χ0n) is 23.4.